The van der Waals surface area contributed by atoms with Gasteiger partial charge in [0.2, 0.25) is 0 Å². The second kappa shape index (κ2) is 11.2. The molecular weight excluding hydrogens is 532 g/mol. The topological polar surface area (TPSA) is 8.17 Å². The van der Waals surface area contributed by atoms with E-state index in [2.05, 4.69) is 179 Å². The lowest BCUT2D eigenvalue weighted by molar-refractivity contribution is 1.04. The average molecular weight is 565 g/mol. The molecule has 1 aliphatic carbocycles. The Morgan fingerprint density at radius 2 is 1.05 bits per heavy atom. The summed E-state index contributed by atoms with van der Waals surface area (Å²) >= 11 is 0. The van der Waals surface area contributed by atoms with Gasteiger partial charge >= 0.3 is 0 Å². The molecule has 0 saturated heterocycles. The van der Waals surface area contributed by atoms with Crippen molar-refractivity contribution >= 4 is 44.4 Å². The van der Waals surface area contributed by atoms with Crippen LogP contribution in [0, 0.1) is 0 Å². The summed E-state index contributed by atoms with van der Waals surface area (Å²) < 4.78 is 2.38. The van der Waals surface area contributed by atoms with Gasteiger partial charge in [-0.2, -0.15) is 0 Å². The van der Waals surface area contributed by atoms with Gasteiger partial charge in [0.1, 0.15) is 0 Å². The standard InChI is InChI=1S/C42H32N2/c1-3-12-31(13-4-1)33-22-26-35(27-23-33)43(36-28-24-34(25-29-36)32-14-5-2-6-15-32)37-16-11-17-38(30-37)44-41-20-9-7-18-39(41)40-19-8-10-21-42(40)44/h1,3-5,7-30H,2,6H2. The highest BCUT2D eigenvalue weighted by molar-refractivity contribution is 6.09. The maximum absolute atomic E-state index is 2.38. The van der Waals surface area contributed by atoms with Crippen LogP contribution in [0.5, 0.6) is 0 Å². The Bertz CT molecular complexity index is 2090. The molecule has 7 aromatic rings. The van der Waals surface area contributed by atoms with Crippen molar-refractivity contribution in [1.82, 2.24) is 4.57 Å². The number of aromatic nitrogens is 1. The van der Waals surface area contributed by atoms with Crippen molar-refractivity contribution in [2.45, 2.75) is 12.8 Å². The fourth-order valence-electron chi connectivity index (χ4n) is 6.48. The number of para-hydroxylation sites is 2. The van der Waals surface area contributed by atoms with Gasteiger partial charge in [0.25, 0.3) is 0 Å². The SMILES string of the molecule is C1=CC(c2ccc(N(c3ccc(-c4ccccc4)cc3)c3cccc(-n4c5ccccc5c5ccccc54)c3)cc2)=CCC1. The lowest BCUT2D eigenvalue weighted by Crippen LogP contribution is -2.10. The van der Waals surface area contributed by atoms with E-state index >= 15 is 0 Å². The van der Waals surface area contributed by atoms with Crippen molar-refractivity contribution in [1.29, 1.82) is 0 Å². The highest BCUT2D eigenvalue weighted by Crippen LogP contribution is 2.39. The summed E-state index contributed by atoms with van der Waals surface area (Å²) in [6.45, 7) is 0. The predicted molar refractivity (Wildman–Crippen MR) is 187 cm³/mol. The minimum atomic E-state index is 1.10. The summed E-state index contributed by atoms with van der Waals surface area (Å²) in [5.74, 6) is 0. The summed E-state index contributed by atoms with van der Waals surface area (Å²) in [5.41, 5.74) is 11.9. The highest BCUT2D eigenvalue weighted by atomic mass is 15.1. The third kappa shape index (κ3) is 4.71. The zero-order valence-electron chi connectivity index (χ0n) is 24.5. The Balaban J connectivity index is 1.26. The van der Waals surface area contributed by atoms with Crippen LogP contribution >= 0.6 is 0 Å². The molecular formula is C42H32N2. The number of hydrogen-bond acceptors (Lipinski definition) is 1. The minimum Gasteiger partial charge on any atom is -0.310 e. The van der Waals surface area contributed by atoms with Gasteiger partial charge in [0.05, 0.1) is 11.0 Å². The Kier molecular flexibility index (Phi) is 6.66. The van der Waals surface area contributed by atoms with Gasteiger partial charge in [-0.3, -0.25) is 0 Å². The third-order valence-electron chi connectivity index (χ3n) is 8.61. The molecule has 0 fully saturated rings. The Morgan fingerprint density at radius 1 is 0.455 bits per heavy atom. The maximum atomic E-state index is 2.38. The van der Waals surface area contributed by atoms with Crippen LogP contribution in [0.25, 0.3) is 44.2 Å². The number of nitrogens with zero attached hydrogens (tertiary/aromatic N) is 2. The smallest absolute Gasteiger partial charge is 0.0541 e. The summed E-state index contributed by atoms with van der Waals surface area (Å²) in [7, 11) is 0. The van der Waals surface area contributed by atoms with E-state index in [1.54, 1.807) is 0 Å². The second-order valence-corrected chi connectivity index (χ2v) is 11.3. The molecule has 44 heavy (non-hydrogen) atoms. The van der Waals surface area contributed by atoms with Crippen LogP contribution in [-0.4, -0.2) is 4.57 Å². The Morgan fingerprint density at radius 3 is 1.68 bits per heavy atom. The van der Waals surface area contributed by atoms with Crippen molar-refractivity contribution < 1.29 is 0 Å². The van der Waals surface area contributed by atoms with Crippen molar-refractivity contribution in [3.05, 3.63) is 175 Å². The van der Waals surface area contributed by atoms with E-state index < -0.39 is 0 Å². The van der Waals surface area contributed by atoms with Gasteiger partial charge in [-0.15, -0.1) is 0 Å². The number of hydrogen-bond donors (Lipinski definition) is 0. The maximum Gasteiger partial charge on any atom is 0.0541 e. The van der Waals surface area contributed by atoms with Crippen LogP contribution < -0.4 is 4.90 Å². The second-order valence-electron chi connectivity index (χ2n) is 11.3. The molecule has 8 rings (SSSR count). The van der Waals surface area contributed by atoms with Crippen molar-refractivity contribution in [2.24, 2.45) is 0 Å². The fraction of sp³-hybridized carbons (Fsp3) is 0.0476. The van der Waals surface area contributed by atoms with E-state index in [9.17, 15) is 0 Å². The quantitative estimate of drug-likeness (QED) is 0.195. The molecule has 0 radical (unpaired) electrons. The van der Waals surface area contributed by atoms with Crippen LogP contribution in [0.1, 0.15) is 18.4 Å². The van der Waals surface area contributed by atoms with Crippen LogP contribution in [0.15, 0.2) is 170 Å². The Labute approximate surface area is 258 Å². The molecule has 0 atom stereocenters. The summed E-state index contributed by atoms with van der Waals surface area (Å²) in [5, 5.41) is 2.53. The molecule has 0 spiro atoms. The summed E-state index contributed by atoms with van der Waals surface area (Å²) in [6, 6.07) is 54.7. The Hall–Kier alpha value is -5.60. The molecule has 2 nitrogen and oxygen atoms in total. The number of allylic oxidation sites excluding steroid dienone is 4. The van der Waals surface area contributed by atoms with E-state index in [-0.39, 0.29) is 0 Å². The largest absolute Gasteiger partial charge is 0.310 e. The molecule has 0 saturated carbocycles. The van der Waals surface area contributed by atoms with Crippen LogP contribution in [0.3, 0.4) is 0 Å². The number of rotatable bonds is 6. The van der Waals surface area contributed by atoms with Crippen molar-refractivity contribution in [3.8, 4) is 16.8 Å². The first kappa shape index (κ1) is 26.1. The minimum absolute atomic E-state index is 1.10. The van der Waals surface area contributed by atoms with Gasteiger partial charge in [-0.05, 0) is 89.7 Å². The normalized spacial score (nSPS) is 12.9. The predicted octanol–water partition coefficient (Wildman–Crippen LogP) is 11.7. The molecule has 0 aliphatic heterocycles. The molecule has 210 valence electrons. The first-order chi connectivity index (χ1) is 21.8. The van der Waals surface area contributed by atoms with Crippen LogP contribution in [-0.2, 0) is 0 Å². The molecule has 0 unspecified atom stereocenters. The van der Waals surface area contributed by atoms with Gasteiger partial charge in [0.15, 0.2) is 0 Å². The monoisotopic (exact) mass is 564 g/mol. The lowest BCUT2D eigenvalue weighted by atomic mass is 9.99. The summed E-state index contributed by atoms with van der Waals surface area (Å²) in [6.07, 6.45) is 9.07. The number of anilines is 3. The van der Waals surface area contributed by atoms with Gasteiger partial charge in [-0.25, -0.2) is 0 Å². The van der Waals surface area contributed by atoms with Gasteiger partial charge < -0.3 is 9.47 Å². The summed E-state index contributed by atoms with van der Waals surface area (Å²) in [4.78, 5) is 2.36. The van der Waals surface area contributed by atoms with Crippen LogP contribution in [0.4, 0.5) is 17.1 Å². The van der Waals surface area contributed by atoms with E-state index in [4.69, 9.17) is 0 Å². The molecule has 2 heteroatoms. The van der Waals surface area contributed by atoms with Gasteiger partial charge in [0, 0.05) is 33.5 Å². The van der Waals surface area contributed by atoms with Gasteiger partial charge in [-0.1, -0.05) is 115 Å². The number of benzene rings is 6. The fourth-order valence-corrected chi connectivity index (χ4v) is 6.48. The molecule has 0 N–H and O–H groups in total. The molecule has 0 bridgehead atoms. The zero-order chi connectivity index (χ0) is 29.3. The van der Waals surface area contributed by atoms with Crippen molar-refractivity contribution in [2.75, 3.05) is 4.90 Å². The van der Waals surface area contributed by atoms with E-state index in [1.165, 1.54) is 44.1 Å². The zero-order valence-corrected chi connectivity index (χ0v) is 24.5. The highest BCUT2D eigenvalue weighted by Gasteiger charge is 2.17. The molecule has 6 aromatic carbocycles. The van der Waals surface area contributed by atoms with Crippen molar-refractivity contribution in [3.63, 3.8) is 0 Å². The van der Waals surface area contributed by atoms with Crippen LogP contribution in [0.2, 0.25) is 0 Å². The molecule has 0 amide bonds. The van der Waals surface area contributed by atoms with E-state index in [1.807, 2.05) is 0 Å². The van der Waals surface area contributed by atoms with E-state index in [0.717, 1.165) is 35.6 Å². The molecule has 1 heterocycles. The first-order valence-electron chi connectivity index (χ1n) is 15.3. The molecule has 1 aromatic heterocycles. The number of fused-ring (bicyclic) bond motifs is 3. The average Bonchev–Trinajstić information content (AvgIpc) is 3.44. The third-order valence-corrected chi connectivity index (χ3v) is 8.61. The lowest BCUT2D eigenvalue weighted by Gasteiger charge is -2.27. The molecule has 1 aliphatic rings. The first-order valence-corrected chi connectivity index (χ1v) is 15.3. The van der Waals surface area contributed by atoms with E-state index in [0.29, 0.717) is 0 Å².